The molecule has 0 saturated heterocycles. The Kier molecular flexibility index (Phi) is 10.7. The lowest BCUT2D eigenvalue weighted by Gasteiger charge is -2.33. The van der Waals surface area contributed by atoms with Crippen molar-refractivity contribution in [3.05, 3.63) is 12.2 Å². The highest BCUT2D eigenvalue weighted by Crippen LogP contribution is 2.23. The Morgan fingerprint density at radius 3 is 1.76 bits per heavy atom. The van der Waals surface area contributed by atoms with Crippen LogP contribution in [0.2, 0.25) is 44.8 Å². The molecule has 0 aromatic carbocycles. The summed E-state index contributed by atoms with van der Waals surface area (Å²) in [5, 5.41) is 0. The van der Waals surface area contributed by atoms with Crippen LogP contribution in [-0.4, -0.2) is 51.1 Å². The van der Waals surface area contributed by atoms with E-state index in [-0.39, 0.29) is 18.8 Å². The minimum atomic E-state index is -1.84. The molecule has 0 amide bonds. The van der Waals surface area contributed by atoms with E-state index in [1.165, 1.54) is 0 Å². The molecule has 0 fully saturated rings. The Labute approximate surface area is 156 Å². The van der Waals surface area contributed by atoms with Crippen molar-refractivity contribution in [2.24, 2.45) is 0 Å². The zero-order valence-electron chi connectivity index (χ0n) is 16.9. The summed E-state index contributed by atoms with van der Waals surface area (Å²) in [6.07, 6.45) is 2.86. The topological polar surface area (TPSA) is 71.1 Å². The molecular weight excluding hydrogens is 372 g/mol. The zero-order chi connectivity index (χ0) is 19.7. The number of hydrogen-bond acceptors (Lipinski definition) is 6. The van der Waals surface area contributed by atoms with Gasteiger partial charge in [0.1, 0.15) is 0 Å². The highest BCUT2D eigenvalue weighted by molar-refractivity contribution is 6.81. The Balaban J connectivity index is 4.48. The minimum Gasteiger partial charge on any atom is -0.463 e. The maximum absolute atomic E-state index is 11.6. The predicted octanol–water partition coefficient (Wildman–Crippen LogP) is 3.35. The summed E-state index contributed by atoms with van der Waals surface area (Å²) in [4.78, 5) is 22.8. The molecule has 0 N–H and O–H groups in total. The fourth-order valence-corrected chi connectivity index (χ4v) is 10.3. The molecule has 0 heterocycles. The van der Waals surface area contributed by atoms with Crippen molar-refractivity contribution in [1.82, 2.24) is 0 Å². The molecule has 0 aliphatic rings. The Morgan fingerprint density at radius 2 is 1.36 bits per heavy atom. The van der Waals surface area contributed by atoms with Crippen LogP contribution in [0.25, 0.3) is 0 Å². The van der Waals surface area contributed by atoms with E-state index in [1.54, 1.807) is 6.92 Å². The molecule has 0 aliphatic carbocycles. The number of rotatable bonds is 11. The first-order valence-electron chi connectivity index (χ1n) is 8.71. The molecule has 0 aromatic heterocycles. The van der Waals surface area contributed by atoms with Gasteiger partial charge in [0.2, 0.25) is 0 Å². The first kappa shape index (κ1) is 24.3. The second-order valence-electron chi connectivity index (χ2n) is 7.85. The molecule has 0 rings (SSSR count). The maximum atomic E-state index is 11.6. The van der Waals surface area contributed by atoms with Gasteiger partial charge in [-0.1, -0.05) is 6.92 Å². The van der Waals surface area contributed by atoms with Gasteiger partial charge in [0.05, 0.1) is 13.2 Å². The van der Waals surface area contributed by atoms with Crippen LogP contribution < -0.4 is 0 Å². The summed E-state index contributed by atoms with van der Waals surface area (Å²) in [5.41, 5.74) is 0.236. The van der Waals surface area contributed by atoms with Gasteiger partial charge in [0.25, 0.3) is 0 Å². The van der Waals surface area contributed by atoms with Crippen LogP contribution in [0.1, 0.15) is 20.3 Å². The number of hydrogen-bond donors (Lipinski definition) is 0. The van der Waals surface area contributed by atoms with Gasteiger partial charge < -0.3 is 17.7 Å². The molecule has 1 atom stereocenters. The van der Waals surface area contributed by atoms with E-state index in [1.807, 2.05) is 0 Å². The third kappa shape index (κ3) is 14.1. The molecule has 25 heavy (non-hydrogen) atoms. The summed E-state index contributed by atoms with van der Waals surface area (Å²) in [6.45, 7) is 17.3. The van der Waals surface area contributed by atoms with Crippen LogP contribution in [0.5, 0.6) is 0 Å². The van der Waals surface area contributed by atoms with Gasteiger partial charge in [-0.25, -0.2) is 9.59 Å². The van der Waals surface area contributed by atoms with Gasteiger partial charge in [0.15, 0.2) is 16.6 Å². The second-order valence-corrected chi connectivity index (χ2v) is 20.1. The van der Waals surface area contributed by atoms with Gasteiger partial charge in [-0.15, -0.1) is 0 Å². The normalized spacial score (nSPS) is 14.0. The summed E-state index contributed by atoms with van der Waals surface area (Å²) in [7, 11) is -5.22. The van der Waals surface area contributed by atoms with Crippen molar-refractivity contribution < 1.29 is 27.3 Å². The van der Waals surface area contributed by atoms with Crippen molar-refractivity contribution in [3.8, 4) is 0 Å². The number of esters is 2. The van der Waals surface area contributed by atoms with Crippen LogP contribution in [-0.2, 0) is 27.3 Å². The first-order valence-corrected chi connectivity index (χ1v) is 17.1. The van der Waals surface area contributed by atoms with Crippen LogP contribution >= 0.6 is 0 Å². The van der Waals surface area contributed by atoms with Crippen LogP contribution in [0, 0.1) is 0 Å². The van der Waals surface area contributed by atoms with Gasteiger partial charge >= 0.3 is 21.2 Å². The standard InChI is InChI=1S/C16H34O6Si3/c1-9-19-15(17)10-11-16(18)20-13-12-14(2)23(21-24(3,4)5)22-25(6,7)8/h10-11,14,23H,9,12-13H2,1-8H3/b11-10+. The molecule has 146 valence electrons. The first-order chi connectivity index (χ1) is 11.3. The van der Waals surface area contributed by atoms with E-state index in [0.717, 1.165) is 12.2 Å². The summed E-state index contributed by atoms with van der Waals surface area (Å²) < 4.78 is 22.5. The number of carbonyl (C=O) groups excluding carboxylic acids is 2. The summed E-state index contributed by atoms with van der Waals surface area (Å²) >= 11 is 0. The quantitative estimate of drug-likeness (QED) is 0.298. The molecule has 0 saturated carbocycles. The average Bonchev–Trinajstić information content (AvgIpc) is 2.41. The van der Waals surface area contributed by atoms with Crippen molar-refractivity contribution in [2.75, 3.05) is 13.2 Å². The third-order valence-electron chi connectivity index (χ3n) is 2.86. The molecule has 0 aromatic rings. The highest BCUT2D eigenvalue weighted by Gasteiger charge is 2.32. The lowest BCUT2D eigenvalue weighted by molar-refractivity contribution is -0.140. The monoisotopic (exact) mass is 406 g/mol. The van der Waals surface area contributed by atoms with E-state index in [0.29, 0.717) is 6.42 Å². The van der Waals surface area contributed by atoms with E-state index < -0.39 is 37.9 Å². The average molecular weight is 407 g/mol. The highest BCUT2D eigenvalue weighted by atomic mass is 28.4. The summed E-state index contributed by atoms with van der Waals surface area (Å²) in [6, 6.07) is 0. The molecule has 1 unspecified atom stereocenters. The Hall–Kier alpha value is -0.749. The number of carbonyl (C=O) groups is 2. The Bertz CT molecular complexity index is 438. The van der Waals surface area contributed by atoms with Gasteiger partial charge in [0, 0.05) is 12.2 Å². The largest absolute Gasteiger partial charge is 0.463 e. The predicted molar refractivity (Wildman–Crippen MR) is 107 cm³/mol. The van der Waals surface area contributed by atoms with Crippen LogP contribution in [0.3, 0.4) is 0 Å². The summed E-state index contributed by atoms with van der Waals surface area (Å²) in [5.74, 6) is -1.09. The lowest BCUT2D eigenvalue weighted by atomic mass is 10.3. The van der Waals surface area contributed by atoms with Crippen molar-refractivity contribution in [2.45, 2.75) is 65.1 Å². The molecule has 0 aliphatic heterocycles. The molecular formula is C16H34O6Si3. The van der Waals surface area contributed by atoms with Crippen molar-refractivity contribution >= 4 is 37.9 Å². The molecule has 0 bridgehead atoms. The minimum absolute atomic E-state index is 0.236. The lowest BCUT2D eigenvalue weighted by Crippen LogP contribution is -2.45. The van der Waals surface area contributed by atoms with Crippen LogP contribution in [0.4, 0.5) is 0 Å². The SMILES string of the molecule is CCOC(=O)/C=C/C(=O)OCCC(C)[SiH](O[Si](C)(C)C)O[Si](C)(C)C. The van der Waals surface area contributed by atoms with Crippen molar-refractivity contribution in [1.29, 1.82) is 0 Å². The molecule has 9 heteroatoms. The van der Waals surface area contributed by atoms with E-state index in [2.05, 4.69) is 46.2 Å². The smallest absolute Gasteiger partial charge is 0.331 e. The van der Waals surface area contributed by atoms with E-state index >= 15 is 0 Å². The Morgan fingerprint density at radius 1 is 0.920 bits per heavy atom. The van der Waals surface area contributed by atoms with E-state index in [9.17, 15) is 9.59 Å². The number of ether oxygens (including phenoxy) is 2. The van der Waals surface area contributed by atoms with Gasteiger partial charge in [-0.3, -0.25) is 0 Å². The molecule has 6 nitrogen and oxygen atoms in total. The molecule has 0 spiro atoms. The van der Waals surface area contributed by atoms with Gasteiger partial charge in [-0.05, 0) is 58.2 Å². The van der Waals surface area contributed by atoms with Crippen LogP contribution in [0.15, 0.2) is 12.2 Å². The maximum Gasteiger partial charge on any atom is 0.331 e. The zero-order valence-corrected chi connectivity index (χ0v) is 20.0. The second kappa shape index (κ2) is 11.1. The fraction of sp³-hybridized carbons (Fsp3) is 0.750. The van der Waals surface area contributed by atoms with Crippen molar-refractivity contribution in [3.63, 3.8) is 0 Å². The van der Waals surface area contributed by atoms with Gasteiger partial charge in [-0.2, -0.15) is 0 Å². The molecule has 0 radical (unpaired) electrons. The fourth-order valence-electron chi connectivity index (χ4n) is 1.81. The third-order valence-corrected chi connectivity index (χ3v) is 11.6. The van der Waals surface area contributed by atoms with E-state index in [4.69, 9.17) is 17.7 Å².